The molecule has 1 aliphatic carbocycles. The molecule has 0 unspecified atom stereocenters. The SMILES string of the molecule is COC(=O)c1c(NC(=O)c2cscn2)sc2c1CCCC2. The number of thiophene rings is 1. The maximum Gasteiger partial charge on any atom is 0.341 e. The number of aryl methyl sites for hydroxylation is 1. The Hall–Kier alpha value is -1.73. The number of nitrogens with one attached hydrogen (secondary N) is 1. The summed E-state index contributed by atoms with van der Waals surface area (Å²) in [5.41, 5.74) is 3.52. The molecule has 3 rings (SSSR count). The average molecular weight is 322 g/mol. The van der Waals surface area contributed by atoms with Gasteiger partial charge in [-0.25, -0.2) is 9.78 Å². The molecule has 0 aliphatic heterocycles. The number of fused-ring (bicyclic) bond motifs is 1. The van der Waals surface area contributed by atoms with Crippen molar-refractivity contribution in [2.75, 3.05) is 12.4 Å². The number of carbonyl (C=O) groups excluding carboxylic acids is 2. The second-order valence-corrected chi connectivity index (χ2v) is 6.56. The molecule has 7 heteroatoms. The Balaban J connectivity index is 1.95. The highest BCUT2D eigenvalue weighted by Gasteiger charge is 2.27. The van der Waals surface area contributed by atoms with Crippen LogP contribution in [-0.4, -0.2) is 24.0 Å². The quantitative estimate of drug-likeness (QED) is 0.882. The van der Waals surface area contributed by atoms with Crippen LogP contribution in [0.2, 0.25) is 0 Å². The minimum Gasteiger partial charge on any atom is -0.465 e. The van der Waals surface area contributed by atoms with E-state index in [9.17, 15) is 9.59 Å². The van der Waals surface area contributed by atoms with Crippen LogP contribution >= 0.6 is 22.7 Å². The van der Waals surface area contributed by atoms with E-state index in [-0.39, 0.29) is 11.9 Å². The van der Waals surface area contributed by atoms with Crippen LogP contribution in [0.3, 0.4) is 0 Å². The number of aromatic nitrogens is 1. The van der Waals surface area contributed by atoms with Crippen LogP contribution in [0.5, 0.6) is 0 Å². The Labute approximate surface area is 130 Å². The van der Waals surface area contributed by atoms with Crippen molar-refractivity contribution in [3.05, 3.63) is 32.6 Å². The number of nitrogens with zero attached hydrogens (tertiary/aromatic N) is 1. The topological polar surface area (TPSA) is 68.3 Å². The molecule has 0 aromatic carbocycles. The fourth-order valence-corrected chi connectivity index (χ4v) is 4.27. The van der Waals surface area contributed by atoms with Gasteiger partial charge in [-0.05, 0) is 31.2 Å². The van der Waals surface area contributed by atoms with Gasteiger partial charge in [-0.15, -0.1) is 22.7 Å². The van der Waals surface area contributed by atoms with Crippen molar-refractivity contribution < 1.29 is 14.3 Å². The molecule has 0 atom stereocenters. The van der Waals surface area contributed by atoms with Gasteiger partial charge in [0.05, 0.1) is 18.2 Å². The molecule has 2 aromatic rings. The van der Waals surface area contributed by atoms with Crippen LogP contribution in [0.15, 0.2) is 10.9 Å². The van der Waals surface area contributed by atoms with Gasteiger partial charge in [-0.3, -0.25) is 4.79 Å². The highest BCUT2D eigenvalue weighted by atomic mass is 32.1. The second kappa shape index (κ2) is 5.95. The van der Waals surface area contributed by atoms with Crippen molar-refractivity contribution in [2.45, 2.75) is 25.7 Å². The zero-order valence-corrected chi connectivity index (χ0v) is 13.1. The Morgan fingerprint density at radius 3 is 2.86 bits per heavy atom. The Morgan fingerprint density at radius 1 is 1.33 bits per heavy atom. The number of hydrogen-bond donors (Lipinski definition) is 1. The number of anilines is 1. The monoisotopic (exact) mass is 322 g/mol. The molecule has 1 aliphatic rings. The highest BCUT2D eigenvalue weighted by Crippen LogP contribution is 2.38. The zero-order chi connectivity index (χ0) is 14.8. The number of amides is 1. The molecule has 1 N–H and O–H groups in total. The van der Waals surface area contributed by atoms with E-state index < -0.39 is 0 Å². The van der Waals surface area contributed by atoms with Gasteiger partial charge in [0, 0.05) is 10.3 Å². The molecule has 1 amide bonds. The van der Waals surface area contributed by atoms with Crippen LogP contribution < -0.4 is 5.32 Å². The van der Waals surface area contributed by atoms with Crippen molar-refractivity contribution in [3.8, 4) is 0 Å². The van der Waals surface area contributed by atoms with E-state index in [1.807, 2.05) is 0 Å². The Kier molecular flexibility index (Phi) is 4.03. The summed E-state index contributed by atoms with van der Waals surface area (Å²) in [7, 11) is 1.36. The summed E-state index contributed by atoms with van der Waals surface area (Å²) < 4.78 is 4.88. The van der Waals surface area contributed by atoms with Gasteiger partial charge in [0.25, 0.3) is 5.91 Å². The van der Waals surface area contributed by atoms with E-state index in [4.69, 9.17) is 4.74 Å². The molecule has 0 saturated heterocycles. The van der Waals surface area contributed by atoms with E-state index in [1.165, 1.54) is 34.7 Å². The third-order valence-corrected chi connectivity index (χ3v) is 5.25. The number of thiazole rings is 1. The summed E-state index contributed by atoms with van der Waals surface area (Å²) in [5, 5.41) is 5.07. The first-order chi connectivity index (χ1) is 10.2. The molecule has 2 aromatic heterocycles. The number of carbonyl (C=O) groups is 2. The van der Waals surface area contributed by atoms with E-state index in [2.05, 4.69) is 10.3 Å². The molecular weight excluding hydrogens is 308 g/mol. The minimum atomic E-state index is -0.386. The smallest absolute Gasteiger partial charge is 0.341 e. The van der Waals surface area contributed by atoms with E-state index in [0.29, 0.717) is 16.3 Å². The third-order valence-electron chi connectivity index (χ3n) is 3.45. The van der Waals surface area contributed by atoms with Gasteiger partial charge < -0.3 is 10.1 Å². The highest BCUT2D eigenvalue weighted by molar-refractivity contribution is 7.17. The molecule has 0 saturated carbocycles. The lowest BCUT2D eigenvalue weighted by Gasteiger charge is -2.11. The molecule has 0 spiro atoms. The van der Waals surface area contributed by atoms with Crippen LogP contribution in [0.4, 0.5) is 5.00 Å². The van der Waals surface area contributed by atoms with Gasteiger partial charge in [-0.1, -0.05) is 0 Å². The predicted octanol–water partition coefficient (Wildman–Crippen LogP) is 3.12. The summed E-state index contributed by atoms with van der Waals surface area (Å²) >= 11 is 2.83. The fourth-order valence-electron chi connectivity index (χ4n) is 2.46. The first kappa shape index (κ1) is 14.2. The van der Waals surface area contributed by atoms with Gasteiger partial charge in [0.1, 0.15) is 10.7 Å². The molecular formula is C14H14N2O3S2. The second-order valence-electron chi connectivity index (χ2n) is 4.73. The molecule has 5 nitrogen and oxygen atoms in total. The lowest BCUT2D eigenvalue weighted by Crippen LogP contribution is -2.15. The average Bonchev–Trinajstić information content (AvgIpc) is 3.13. The molecule has 0 bridgehead atoms. The minimum absolute atomic E-state index is 0.292. The number of hydrogen-bond acceptors (Lipinski definition) is 6. The van der Waals surface area contributed by atoms with Crippen LogP contribution in [0.25, 0.3) is 0 Å². The number of methoxy groups -OCH3 is 1. The number of rotatable bonds is 3. The summed E-state index contributed by atoms with van der Waals surface area (Å²) in [5.74, 6) is -0.678. The molecule has 0 fully saturated rings. The summed E-state index contributed by atoms with van der Waals surface area (Å²) in [6.07, 6.45) is 4.00. The third kappa shape index (κ3) is 2.71. The maximum absolute atomic E-state index is 12.1. The standard InChI is InChI=1S/C14H14N2O3S2/c1-19-14(18)11-8-4-2-3-5-10(8)21-13(11)16-12(17)9-6-20-7-15-9/h6-7H,2-5H2,1H3,(H,16,17). The van der Waals surface area contributed by atoms with E-state index in [0.717, 1.165) is 31.2 Å². The fraction of sp³-hybridized carbons (Fsp3) is 0.357. The zero-order valence-electron chi connectivity index (χ0n) is 11.5. The first-order valence-corrected chi connectivity index (χ1v) is 8.39. The van der Waals surface area contributed by atoms with Gasteiger partial charge in [0.2, 0.25) is 0 Å². The first-order valence-electron chi connectivity index (χ1n) is 6.63. The normalized spacial score (nSPS) is 13.6. The molecule has 110 valence electrons. The summed E-state index contributed by atoms with van der Waals surface area (Å²) in [6, 6.07) is 0. The van der Waals surface area contributed by atoms with Crippen LogP contribution in [-0.2, 0) is 17.6 Å². The van der Waals surface area contributed by atoms with Crippen molar-refractivity contribution in [2.24, 2.45) is 0 Å². The van der Waals surface area contributed by atoms with Gasteiger partial charge >= 0.3 is 5.97 Å². The van der Waals surface area contributed by atoms with Crippen molar-refractivity contribution in [1.82, 2.24) is 4.98 Å². The van der Waals surface area contributed by atoms with Crippen molar-refractivity contribution >= 4 is 39.6 Å². The Morgan fingerprint density at radius 2 is 2.14 bits per heavy atom. The van der Waals surface area contributed by atoms with E-state index in [1.54, 1.807) is 10.9 Å². The van der Waals surface area contributed by atoms with Crippen LogP contribution in [0.1, 0.15) is 44.1 Å². The number of esters is 1. The van der Waals surface area contributed by atoms with Crippen LogP contribution in [0, 0.1) is 0 Å². The number of ether oxygens (including phenoxy) is 1. The Bertz CT molecular complexity index is 677. The van der Waals surface area contributed by atoms with Crippen molar-refractivity contribution in [1.29, 1.82) is 0 Å². The lowest BCUT2D eigenvalue weighted by molar-refractivity contribution is 0.0601. The van der Waals surface area contributed by atoms with Gasteiger partial charge in [0.15, 0.2) is 0 Å². The summed E-state index contributed by atoms with van der Waals surface area (Å²) in [4.78, 5) is 29.4. The van der Waals surface area contributed by atoms with Crippen molar-refractivity contribution in [3.63, 3.8) is 0 Å². The van der Waals surface area contributed by atoms with Gasteiger partial charge in [-0.2, -0.15) is 0 Å². The predicted molar refractivity (Wildman–Crippen MR) is 82.4 cm³/mol. The maximum atomic E-state index is 12.1. The summed E-state index contributed by atoms with van der Waals surface area (Å²) in [6.45, 7) is 0. The largest absolute Gasteiger partial charge is 0.465 e. The van der Waals surface area contributed by atoms with E-state index >= 15 is 0 Å². The molecule has 21 heavy (non-hydrogen) atoms. The lowest BCUT2D eigenvalue weighted by atomic mass is 9.95. The molecule has 0 radical (unpaired) electrons. The molecule has 2 heterocycles.